The molecule has 6 heteroatoms. The zero-order chi connectivity index (χ0) is 15.1. The summed E-state index contributed by atoms with van der Waals surface area (Å²) in [4.78, 5) is 15.8. The van der Waals surface area contributed by atoms with E-state index in [2.05, 4.69) is 10.2 Å². The Kier molecular flexibility index (Phi) is 5.95. The Balaban J connectivity index is 1.76. The average Bonchev–Trinajstić information content (AvgIpc) is 2.49. The second kappa shape index (κ2) is 7.95. The Morgan fingerprint density at radius 1 is 1.29 bits per heavy atom. The molecule has 1 amide bonds. The molecule has 2 rings (SSSR count). The van der Waals surface area contributed by atoms with Crippen LogP contribution in [0, 0.1) is 5.82 Å². The summed E-state index contributed by atoms with van der Waals surface area (Å²) in [5.41, 5.74) is 0.640. The van der Waals surface area contributed by atoms with Gasteiger partial charge >= 0.3 is 0 Å². The van der Waals surface area contributed by atoms with Gasteiger partial charge in [-0.3, -0.25) is 9.69 Å². The first kappa shape index (κ1) is 15.7. The van der Waals surface area contributed by atoms with E-state index in [1.807, 2.05) is 11.0 Å². The van der Waals surface area contributed by atoms with Gasteiger partial charge in [-0.15, -0.1) is 0 Å². The molecule has 0 aromatic heterocycles. The number of nitrogens with one attached hydrogen (secondary N) is 1. The highest BCUT2D eigenvalue weighted by atomic mass is 19.1. The lowest BCUT2D eigenvalue weighted by atomic mass is 10.2. The van der Waals surface area contributed by atoms with Gasteiger partial charge in [0, 0.05) is 39.8 Å². The molecule has 116 valence electrons. The predicted octanol–water partition coefficient (Wildman–Crippen LogP) is 0.710. The first-order valence-electron chi connectivity index (χ1n) is 7.18. The van der Waals surface area contributed by atoms with Crippen LogP contribution in [0.5, 0.6) is 0 Å². The van der Waals surface area contributed by atoms with Gasteiger partial charge in [-0.1, -0.05) is 12.1 Å². The highest BCUT2D eigenvalue weighted by Gasteiger charge is 2.20. The molecule has 0 bridgehead atoms. The van der Waals surface area contributed by atoms with Crippen LogP contribution in [0.4, 0.5) is 10.1 Å². The summed E-state index contributed by atoms with van der Waals surface area (Å²) in [6, 6.07) is 6.81. The van der Waals surface area contributed by atoms with Gasteiger partial charge in [0.2, 0.25) is 5.91 Å². The number of ether oxygens (including phenoxy) is 1. The van der Waals surface area contributed by atoms with Crippen LogP contribution < -0.4 is 10.2 Å². The number of piperazine rings is 1. The van der Waals surface area contributed by atoms with E-state index < -0.39 is 0 Å². The summed E-state index contributed by atoms with van der Waals surface area (Å²) >= 11 is 0. The van der Waals surface area contributed by atoms with E-state index in [-0.39, 0.29) is 11.7 Å². The van der Waals surface area contributed by atoms with Crippen molar-refractivity contribution in [2.24, 2.45) is 0 Å². The third-order valence-electron chi connectivity index (χ3n) is 3.56. The van der Waals surface area contributed by atoms with Gasteiger partial charge in [0.15, 0.2) is 0 Å². The maximum Gasteiger partial charge on any atom is 0.234 e. The molecule has 1 aliphatic rings. The van der Waals surface area contributed by atoms with E-state index in [1.54, 1.807) is 19.2 Å². The molecule has 1 aromatic rings. The molecule has 1 N–H and O–H groups in total. The van der Waals surface area contributed by atoms with Crippen LogP contribution in [-0.2, 0) is 9.53 Å². The number of halogens is 1. The Morgan fingerprint density at radius 2 is 2.00 bits per heavy atom. The minimum absolute atomic E-state index is 0.00592. The van der Waals surface area contributed by atoms with E-state index in [4.69, 9.17) is 4.74 Å². The SMILES string of the molecule is COCCNC(=O)CN1CCN(c2ccccc2F)CC1. The molecule has 1 saturated heterocycles. The summed E-state index contributed by atoms with van der Waals surface area (Å²) in [5, 5.41) is 2.80. The van der Waals surface area contributed by atoms with E-state index in [0.29, 0.717) is 25.4 Å². The van der Waals surface area contributed by atoms with Crippen LogP contribution in [0.1, 0.15) is 0 Å². The topological polar surface area (TPSA) is 44.8 Å². The Labute approximate surface area is 124 Å². The molecule has 1 aliphatic heterocycles. The molecule has 1 aromatic carbocycles. The van der Waals surface area contributed by atoms with E-state index in [1.165, 1.54) is 6.07 Å². The fourth-order valence-electron chi connectivity index (χ4n) is 2.41. The van der Waals surface area contributed by atoms with Crippen molar-refractivity contribution in [1.29, 1.82) is 0 Å². The van der Waals surface area contributed by atoms with Crippen LogP contribution in [-0.4, -0.2) is 63.8 Å². The lowest BCUT2D eigenvalue weighted by molar-refractivity contribution is -0.122. The number of carbonyl (C=O) groups excluding carboxylic acids is 1. The smallest absolute Gasteiger partial charge is 0.234 e. The highest BCUT2D eigenvalue weighted by Crippen LogP contribution is 2.19. The van der Waals surface area contributed by atoms with Crippen molar-refractivity contribution >= 4 is 11.6 Å². The second-order valence-electron chi connectivity index (χ2n) is 5.06. The maximum atomic E-state index is 13.7. The zero-order valence-corrected chi connectivity index (χ0v) is 12.3. The fraction of sp³-hybridized carbons (Fsp3) is 0.533. The number of nitrogens with zero attached hydrogens (tertiary/aromatic N) is 2. The summed E-state index contributed by atoms with van der Waals surface area (Å²) in [5.74, 6) is -0.186. The van der Waals surface area contributed by atoms with Gasteiger partial charge in [-0.25, -0.2) is 4.39 Å². The molecule has 0 radical (unpaired) electrons. The minimum atomic E-state index is -0.191. The molecule has 0 spiro atoms. The number of hydrogen-bond donors (Lipinski definition) is 1. The quantitative estimate of drug-likeness (QED) is 0.785. The Hall–Kier alpha value is -1.66. The number of methoxy groups -OCH3 is 1. The number of para-hydroxylation sites is 1. The van der Waals surface area contributed by atoms with Crippen LogP contribution >= 0.6 is 0 Å². The molecule has 1 fully saturated rings. The van der Waals surface area contributed by atoms with Gasteiger partial charge < -0.3 is 15.0 Å². The molecule has 0 unspecified atom stereocenters. The van der Waals surface area contributed by atoms with Gasteiger partial charge in [0.25, 0.3) is 0 Å². The van der Waals surface area contributed by atoms with Crippen molar-refractivity contribution in [3.63, 3.8) is 0 Å². The van der Waals surface area contributed by atoms with Crippen LogP contribution in [0.2, 0.25) is 0 Å². The first-order chi connectivity index (χ1) is 10.2. The minimum Gasteiger partial charge on any atom is -0.383 e. The summed E-state index contributed by atoms with van der Waals surface area (Å²) in [7, 11) is 1.61. The van der Waals surface area contributed by atoms with Crippen LogP contribution in [0.25, 0.3) is 0 Å². The van der Waals surface area contributed by atoms with Crippen molar-refractivity contribution in [1.82, 2.24) is 10.2 Å². The van der Waals surface area contributed by atoms with E-state index >= 15 is 0 Å². The van der Waals surface area contributed by atoms with Crippen LogP contribution in [0.3, 0.4) is 0 Å². The number of benzene rings is 1. The number of rotatable bonds is 6. The predicted molar refractivity (Wildman–Crippen MR) is 79.9 cm³/mol. The lowest BCUT2D eigenvalue weighted by Gasteiger charge is -2.35. The monoisotopic (exact) mass is 295 g/mol. The zero-order valence-electron chi connectivity index (χ0n) is 12.3. The van der Waals surface area contributed by atoms with Crippen molar-refractivity contribution < 1.29 is 13.9 Å². The molecular formula is C15H22FN3O2. The molecule has 0 atom stereocenters. The van der Waals surface area contributed by atoms with Gasteiger partial charge in [0.05, 0.1) is 18.8 Å². The Morgan fingerprint density at radius 3 is 2.67 bits per heavy atom. The van der Waals surface area contributed by atoms with E-state index in [9.17, 15) is 9.18 Å². The number of hydrogen-bond acceptors (Lipinski definition) is 4. The standard InChI is InChI=1S/C15H22FN3O2/c1-21-11-6-17-15(20)12-18-7-9-19(10-8-18)14-5-3-2-4-13(14)16/h2-5H,6-12H2,1H3,(H,17,20). The first-order valence-corrected chi connectivity index (χ1v) is 7.18. The second-order valence-corrected chi connectivity index (χ2v) is 5.06. The van der Waals surface area contributed by atoms with Gasteiger partial charge in [0.1, 0.15) is 5.82 Å². The third kappa shape index (κ3) is 4.68. The largest absolute Gasteiger partial charge is 0.383 e. The summed E-state index contributed by atoms with van der Waals surface area (Å²) in [6.07, 6.45) is 0. The maximum absolute atomic E-state index is 13.7. The van der Waals surface area contributed by atoms with Gasteiger partial charge in [-0.2, -0.15) is 0 Å². The van der Waals surface area contributed by atoms with Crippen LogP contribution in [0.15, 0.2) is 24.3 Å². The molecule has 0 saturated carbocycles. The van der Waals surface area contributed by atoms with Crippen molar-refractivity contribution in [3.8, 4) is 0 Å². The van der Waals surface area contributed by atoms with Gasteiger partial charge in [-0.05, 0) is 12.1 Å². The van der Waals surface area contributed by atoms with Crippen molar-refractivity contribution in [3.05, 3.63) is 30.1 Å². The van der Waals surface area contributed by atoms with Crippen molar-refractivity contribution in [2.75, 3.05) is 57.9 Å². The third-order valence-corrected chi connectivity index (χ3v) is 3.56. The normalized spacial score (nSPS) is 16.0. The average molecular weight is 295 g/mol. The lowest BCUT2D eigenvalue weighted by Crippen LogP contribution is -2.50. The molecular weight excluding hydrogens is 273 g/mol. The molecule has 1 heterocycles. The molecule has 5 nitrogen and oxygen atoms in total. The number of carbonyl (C=O) groups is 1. The summed E-state index contributed by atoms with van der Waals surface area (Å²) in [6.45, 7) is 4.41. The number of amides is 1. The molecule has 0 aliphatic carbocycles. The molecule has 21 heavy (non-hydrogen) atoms. The fourth-order valence-corrected chi connectivity index (χ4v) is 2.41. The van der Waals surface area contributed by atoms with E-state index in [0.717, 1.165) is 26.2 Å². The summed E-state index contributed by atoms with van der Waals surface area (Å²) < 4.78 is 18.6. The van der Waals surface area contributed by atoms with Crippen molar-refractivity contribution in [2.45, 2.75) is 0 Å². The number of anilines is 1. The highest BCUT2D eigenvalue weighted by molar-refractivity contribution is 5.78. The Bertz CT molecular complexity index is 462.